The molecule has 40 heavy (non-hydrogen) atoms. The highest BCUT2D eigenvalue weighted by atomic mass is 16.5. The van der Waals surface area contributed by atoms with Gasteiger partial charge in [-0.15, -0.1) is 0 Å². The van der Waals surface area contributed by atoms with Crippen LogP contribution in [0.4, 0.5) is 0 Å². The number of carbonyl (C=O) groups excluding carboxylic acids is 2. The van der Waals surface area contributed by atoms with E-state index in [1.807, 2.05) is 0 Å². The van der Waals surface area contributed by atoms with Crippen molar-refractivity contribution in [3.8, 4) is 0 Å². The molecule has 6 nitrogen and oxygen atoms in total. The summed E-state index contributed by atoms with van der Waals surface area (Å²) >= 11 is 0. The Morgan fingerprint density at radius 3 is 1.85 bits per heavy atom. The van der Waals surface area contributed by atoms with Gasteiger partial charge in [0.15, 0.2) is 0 Å². The Bertz CT molecular complexity index is 753. The van der Waals surface area contributed by atoms with Crippen LogP contribution >= 0.6 is 0 Å². The van der Waals surface area contributed by atoms with Crippen molar-refractivity contribution < 1.29 is 24.2 Å². The van der Waals surface area contributed by atoms with E-state index in [9.17, 15) is 14.4 Å². The summed E-state index contributed by atoms with van der Waals surface area (Å²) in [7, 11) is 0. The number of hydrogen-bond donors (Lipinski definition) is 2. The van der Waals surface area contributed by atoms with Crippen molar-refractivity contribution in [1.82, 2.24) is 5.32 Å². The highest BCUT2D eigenvalue weighted by Gasteiger charge is 2.13. The second-order valence-electron chi connectivity index (χ2n) is 10.3. The van der Waals surface area contributed by atoms with Crippen LogP contribution < -0.4 is 5.32 Å². The highest BCUT2D eigenvalue weighted by molar-refractivity contribution is 5.80. The Hall–Kier alpha value is -2.63. The summed E-state index contributed by atoms with van der Waals surface area (Å²) in [5.74, 6) is -1.36. The first kappa shape index (κ1) is 37.4. The third-order valence-electron chi connectivity index (χ3n) is 6.50. The number of rotatable bonds is 27. The quantitative estimate of drug-likeness (QED) is 0.0596. The Labute approximate surface area is 244 Å². The van der Waals surface area contributed by atoms with Crippen LogP contribution in [0, 0.1) is 0 Å². The molecule has 6 heteroatoms. The van der Waals surface area contributed by atoms with Gasteiger partial charge in [-0.05, 0) is 70.6 Å². The fourth-order valence-electron chi connectivity index (χ4n) is 4.26. The number of carboxylic acids is 1. The maximum Gasteiger partial charge on any atom is 0.322 e. The molecule has 1 atom stereocenters. The molecule has 0 aromatic heterocycles. The van der Waals surface area contributed by atoms with Gasteiger partial charge < -0.3 is 15.2 Å². The van der Waals surface area contributed by atoms with Gasteiger partial charge in [-0.2, -0.15) is 0 Å². The zero-order valence-corrected chi connectivity index (χ0v) is 25.4. The van der Waals surface area contributed by atoms with Crippen molar-refractivity contribution in [3.05, 3.63) is 48.6 Å². The molecule has 0 aliphatic carbocycles. The van der Waals surface area contributed by atoms with Crippen LogP contribution in [0.25, 0.3) is 0 Å². The molecule has 228 valence electrons. The largest absolute Gasteiger partial charge is 0.480 e. The molecule has 0 aromatic carbocycles. The van der Waals surface area contributed by atoms with Gasteiger partial charge in [0.1, 0.15) is 12.6 Å². The molecule has 0 aliphatic heterocycles. The molecular formula is C34H57NO5. The van der Waals surface area contributed by atoms with Gasteiger partial charge >= 0.3 is 11.9 Å². The second-order valence-corrected chi connectivity index (χ2v) is 10.3. The summed E-state index contributed by atoms with van der Waals surface area (Å²) in [5.41, 5.74) is 0. The van der Waals surface area contributed by atoms with Gasteiger partial charge in [-0.25, -0.2) is 0 Å². The van der Waals surface area contributed by atoms with Gasteiger partial charge in [-0.1, -0.05) is 101 Å². The van der Waals surface area contributed by atoms with Crippen LogP contribution in [0.1, 0.15) is 136 Å². The van der Waals surface area contributed by atoms with E-state index >= 15 is 0 Å². The fourth-order valence-corrected chi connectivity index (χ4v) is 4.26. The van der Waals surface area contributed by atoms with E-state index in [0.29, 0.717) is 19.3 Å². The standard InChI is InChI=1S/C34H57NO5/c1-3-5-6-7-8-9-10-11-12-13-14-15-16-17-18-19-20-21-25-29-34(39)40-31(26-4-2)27-23-22-24-28-32(36)35-30-33(37)38/h5-6,8-9,11-12,14-15,31H,3-4,7,10,13,16-30H2,1-2H3,(H,35,36)(H,37,38)/b6-5-,9-8-,12-11-,15-14-. The fraction of sp³-hybridized carbons (Fsp3) is 0.676. The Kier molecular flexibility index (Phi) is 27.4. The van der Waals surface area contributed by atoms with Crippen molar-refractivity contribution in [1.29, 1.82) is 0 Å². The summed E-state index contributed by atoms with van der Waals surface area (Å²) in [4.78, 5) is 34.3. The van der Waals surface area contributed by atoms with Crippen molar-refractivity contribution >= 4 is 17.8 Å². The zero-order chi connectivity index (χ0) is 29.5. The van der Waals surface area contributed by atoms with Gasteiger partial charge in [0.05, 0.1) is 0 Å². The van der Waals surface area contributed by atoms with Crippen molar-refractivity contribution in [2.24, 2.45) is 0 Å². The predicted molar refractivity (Wildman–Crippen MR) is 166 cm³/mol. The summed E-state index contributed by atoms with van der Waals surface area (Å²) in [5, 5.41) is 10.9. The van der Waals surface area contributed by atoms with Crippen LogP contribution in [-0.4, -0.2) is 35.6 Å². The molecule has 1 amide bonds. The molecule has 0 fully saturated rings. The smallest absolute Gasteiger partial charge is 0.322 e. The molecule has 1 unspecified atom stereocenters. The molecular weight excluding hydrogens is 502 g/mol. The summed E-state index contributed by atoms with van der Waals surface area (Å²) in [6.45, 7) is 3.91. The van der Waals surface area contributed by atoms with E-state index in [-0.39, 0.29) is 24.5 Å². The third-order valence-corrected chi connectivity index (χ3v) is 6.50. The first-order chi connectivity index (χ1) is 19.5. The minimum absolute atomic E-state index is 0.0447. The topological polar surface area (TPSA) is 92.7 Å². The third kappa shape index (κ3) is 28.4. The lowest BCUT2D eigenvalue weighted by atomic mass is 10.0. The first-order valence-electron chi connectivity index (χ1n) is 15.8. The molecule has 0 aromatic rings. The van der Waals surface area contributed by atoms with Gasteiger partial charge in [-0.3, -0.25) is 14.4 Å². The molecule has 0 radical (unpaired) electrons. The number of nitrogens with one attached hydrogen (secondary N) is 1. The minimum atomic E-state index is -1.04. The molecule has 2 N–H and O–H groups in total. The lowest BCUT2D eigenvalue weighted by Gasteiger charge is -2.17. The minimum Gasteiger partial charge on any atom is -0.480 e. The van der Waals surface area contributed by atoms with Gasteiger partial charge in [0, 0.05) is 12.8 Å². The van der Waals surface area contributed by atoms with Crippen molar-refractivity contribution in [3.63, 3.8) is 0 Å². The molecule has 0 rings (SSSR count). The van der Waals surface area contributed by atoms with E-state index in [0.717, 1.165) is 77.0 Å². The summed E-state index contributed by atoms with van der Waals surface area (Å²) < 4.78 is 5.72. The maximum atomic E-state index is 12.3. The summed E-state index contributed by atoms with van der Waals surface area (Å²) in [6.07, 6.45) is 35.8. The van der Waals surface area contributed by atoms with Gasteiger partial charge in [0.25, 0.3) is 0 Å². The Balaban J connectivity index is 3.70. The molecule has 0 heterocycles. The number of esters is 1. The van der Waals surface area contributed by atoms with Crippen LogP contribution in [0.5, 0.6) is 0 Å². The predicted octanol–water partition coefficient (Wildman–Crippen LogP) is 8.78. The highest BCUT2D eigenvalue weighted by Crippen LogP contribution is 2.15. The van der Waals surface area contributed by atoms with Crippen molar-refractivity contribution in [2.75, 3.05) is 6.54 Å². The van der Waals surface area contributed by atoms with Crippen LogP contribution in [-0.2, 0) is 19.1 Å². The van der Waals surface area contributed by atoms with E-state index in [1.165, 1.54) is 25.7 Å². The van der Waals surface area contributed by atoms with Crippen LogP contribution in [0.2, 0.25) is 0 Å². The van der Waals surface area contributed by atoms with Gasteiger partial charge in [0.2, 0.25) is 5.91 Å². The molecule has 0 saturated heterocycles. The van der Waals surface area contributed by atoms with Crippen molar-refractivity contribution in [2.45, 2.75) is 142 Å². The number of amides is 1. The van der Waals surface area contributed by atoms with Crippen LogP contribution in [0.3, 0.4) is 0 Å². The van der Waals surface area contributed by atoms with Crippen LogP contribution in [0.15, 0.2) is 48.6 Å². The number of unbranched alkanes of at least 4 members (excludes halogenated alkanes) is 8. The normalized spacial score (nSPS) is 12.7. The Morgan fingerprint density at radius 2 is 1.23 bits per heavy atom. The number of aliphatic carboxylic acids is 1. The molecule has 0 bridgehead atoms. The van der Waals surface area contributed by atoms with E-state index in [4.69, 9.17) is 9.84 Å². The molecule has 0 spiro atoms. The first-order valence-corrected chi connectivity index (χ1v) is 15.8. The number of hydrogen-bond acceptors (Lipinski definition) is 4. The number of allylic oxidation sites excluding steroid dienone is 8. The number of carboxylic acid groups (broad SMARTS) is 1. The SMILES string of the molecule is CC/C=C\C/C=C\C/C=C\C/C=C\CCCCCCCCC(=O)OC(CCC)CCCCCC(=O)NCC(=O)O. The lowest BCUT2D eigenvalue weighted by Crippen LogP contribution is -2.28. The van der Waals surface area contributed by atoms with E-state index < -0.39 is 5.97 Å². The zero-order valence-electron chi connectivity index (χ0n) is 25.4. The second kappa shape index (κ2) is 29.4. The Morgan fingerprint density at radius 1 is 0.675 bits per heavy atom. The summed E-state index contributed by atoms with van der Waals surface area (Å²) in [6, 6.07) is 0. The lowest BCUT2D eigenvalue weighted by molar-refractivity contribution is -0.150. The monoisotopic (exact) mass is 559 g/mol. The molecule has 0 aliphatic rings. The van der Waals surface area contributed by atoms with E-state index in [1.54, 1.807) is 0 Å². The number of carbonyl (C=O) groups is 3. The van der Waals surface area contributed by atoms with E-state index in [2.05, 4.69) is 67.8 Å². The average molecular weight is 560 g/mol. The molecule has 0 saturated carbocycles. The maximum absolute atomic E-state index is 12.3. The average Bonchev–Trinajstić information content (AvgIpc) is 2.93. The number of ether oxygens (including phenoxy) is 1.